The number of halogens is 1. The van der Waals surface area contributed by atoms with Gasteiger partial charge in [-0.3, -0.25) is 10.1 Å². The molecule has 0 radical (unpaired) electrons. The third kappa shape index (κ3) is 2.93. The van der Waals surface area contributed by atoms with Crippen LogP contribution in [-0.4, -0.2) is 14.9 Å². The van der Waals surface area contributed by atoms with Gasteiger partial charge in [-0.15, -0.1) is 0 Å². The van der Waals surface area contributed by atoms with E-state index in [9.17, 15) is 10.1 Å². The highest BCUT2D eigenvalue weighted by molar-refractivity contribution is 9.10. The number of rotatable bonds is 4. The zero-order valence-electron chi connectivity index (χ0n) is 10.8. The van der Waals surface area contributed by atoms with Crippen LogP contribution in [0.2, 0.25) is 0 Å². The van der Waals surface area contributed by atoms with E-state index in [2.05, 4.69) is 32.8 Å². The van der Waals surface area contributed by atoms with E-state index in [1.54, 1.807) is 12.1 Å². The van der Waals surface area contributed by atoms with Crippen molar-refractivity contribution in [2.45, 2.75) is 19.8 Å². The molecule has 0 atom stereocenters. The standard InChI is InChI=1S/C13H13BrN4O2/c1-2-3-10-11(14)12(15)17-13(16-10)8-4-6-9(7-5-8)18(19)20/h4-7H,2-3H2,1H3,(H2,15,16,17). The van der Waals surface area contributed by atoms with Crippen LogP contribution in [0.25, 0.3) is 11.4 Å². The normalized spacial score (nSPS) is 10.5. The Labute approximate surface area is 124 Å². The van der Waals surface area contributed by atoms with Crippen LogP contribution in [0.15, 0.2) is 28.7 Å². The lowest BCUT2D eigenvalue weighted by Gasteiger charge is -2.08. The monoisotopic (exact) mass is 336 g/mol. The van der Waals surface area contributed by atoms with Gasteiger partial charge in [0.1, 0.15) is 5.82 Å². The number of hydrogen-bond acceptors (Lipinski definition) is 5. The quantitative estimate of drug-likeness (QED) is 0.682. The van der Waals surface area contributed by atoms with Crippen LogP contribution in [0.5, 0.6) is 0 Å². The summed E-state index contributed by atoms with van der Waals surface area (Å²) in [7, 11) is 0. The van der Waals surface area contributed by atoms with Crippen LogP contribution < -0.4 is 5.73 Å². The first-order valence-electron chi connectivity index (χ1n) is 6.09. The molecular weight excluding hydrogens is 324 g/mol. The minimum Gasteiger partial charge on any atom is -0.383 e. The van der Waals surface area contributed by atoms with Gasteiger partial charge in [0.05, 0.1) is 15.1 Å². The van der Waals surface area contributed by atoms with Crippen molar-refractivity contribution in [3.63, 3.8) is 0 Å². The van der Waals surface area contributed by atoms with E-state index in [4.69, 9.17) is 5.73 Å². The maximum absolute atomic E-state index is 10.6. The molecule has 2 aromatic rings. The number of non-ortho nitro benzene ring substituents is 1. The van der Waals surface area contributed by atoms with Crippen molar-refractivity contribution in [2.24, 2.45) is 0 Å². The third-order valence-electron chi connectivity index (χ3n) is 2.77. The van der Waals surface area contributed by atoms with Crippen molar-refractivity contribution >= 4 is 27.4 Å². The van der Waals surface area contributed by atoms with E-state index >= 15 is 0 Å². The Hall–Kier alpha value is -2.02. The summed E-state index contributed by atoms with van der Waals surface area (Å²) >= 11 is 3.38. The average molecular weight is 337 g/mol. The molecule has 0 amide bonds. The van der Waals surface area contributed by atoms with E-state index in [0.717, 1.165) is 18.5 Å². The third-order valence-corrected chi connectivity index (χ3v) is 3.63. The van der Waals surface area contributed by atoms with E-state index in [-0.39, 0.29) is 5.69 Å². The van der Waals surface area contributed by atoms with Gasteiger partial charge in [0.25, 0.3) is 5.69 Å². The number of nitrogens with two attached hydrogens (primary N) is 1. The van der Waals surface area contributed by atoms with E-state index in [0.29, 0.717) is 21.7 Å². The van der Waals surface area contributed by atoms with Gasteiger partial charge >= 0.3 is 0 Å². The number of anilines is 1. The van der Waals surface area contributed by atoms with Crippen LogP contribution in [0.4, 0.5) is 11.5 Å². The molecule has 0 saturated heterocycles. The predicted molar refractivity (Wildman–Crippen MR) is 80.2 cm³/mol. The van der Waals surface area contributed by atoms with E-state index in [1.807, 2.05) is 0 Å². The Kier molecular flexibility index (Phi) is 4.29. The van der Waals surface area contributed by atoms with Crippen LogP contribution in [0.3, 0.4) is 0 Å². The number of hydrogen-bond donors (Lipinski definition) is 1. The molecule has 1 aromatic heterocycles. The smallest absolute Gasteiger partial charge is 0.269 e. The second-order valence-corrected chi connectivity index (χ2v) is 5.04. The largest absolute Gasteiger partial charge is 0.383 e. The van der Waals surface area contributed by atoms with Gasteiger partial charge in [-0.1, -0.05) is 13.3 Å². The van der Waals surface area contributed by atoms with Crippen molar-refractivity contribution in [1.82, 2.24) is 9.97 Å². The number of nitro groups is 1. The summed E-state index contributed by atoms with van der Waals surface area (Å²) < 4.78 is 0.713. The molecule has 0 saturated carbocycles. The lowest BCUT2D eigenvalue weighted by molar-refractivity contribution is -0.384. The maximum atomic E-state index is 10.6. The van der Waals surface area contributed by atoms with Gasteiger partial charge in [0.15, 0.2) is 5.82 Å². The zero-order chi connectivity index (χ0) is 14.7. The molecular formula is C13H13BrN4O2. The Balaban J connectivity index is 2.44. The number of nitro benzene ring substituents is 1. The molecule has 20 heavy (non-hydrogen) atoms. The molecule has 0 unspecified atom stereocenters. The van der Waals surface area contributed by atoms with Crippen LogP contribution in [0.1, 0.15) is 19.0 Å². The molecule has 6 nitrogen and oxygen atoms in total. The van der Waals surface area contributed by atoms with Gasteiger partial charge < -0.3 is 5.73 Å². The van der Waals surface area contributed by atoms with Crippen molar-refractivity contribution in [3.8, 4) is 11.4 Å². The second kappa shape index (κ2) is 5.96. The maximum Gasteiger partial charge on any atom is 0.269 e. The molecule has 2 N–H and O–H groups in total. The van der Waals surface area contributed by atoms with Gasteiger partial charge in [-0.2, -0.15) is 0 Å². The number of nitrogens with zero attached hydrogens (tertiary/aromatic N) is 3. The molecule has 7 heteroatoms. The predicted octanol–water partition coefficient (Wildman–Crippen LogP) is 3.35. The number of aryl methyl sites for hydroxylation is 1. The summed E-state index contributed by atoms with van der Waals surface area (Å²) in [5, 5.41) is 10.6. The lowest BCUT2D eigenvalue weighted by atomic mass is 10.1. The minimum absolute atomic E-state index is 0.0348. The Bertz CT molecular complexity index is 644. The summed E-state index contributed by atoms with van der Waals surface area (Å²) in [5.74, 6) is 0.848. The zero-order valence-corrected chi connectivity index (χ0v) is 12.4. The average Bonchev–Trinajstić information content (AvgIpc) is 2.44. The summed E-state index contributed by atoms with van der Waals surface area (Å²) in [6.07, 6.45) is 1.72. The Morgan fingerprint density at radius 1 is 1.30 bits per heavy atom. The molecule has 0 bridgehead atoms. The van der Waals surface area contributed by atoms with E-state index < -0.39 is 4.92 Å². The number of nitrogen functional groups attached to an aromatic ring is 1. The summed E-state index contributed by atoms with van der Waals surface area (Å²) in [5.41, 5.74) is 7.44. The molecule has 0 fully saturated rings. The van der Waals surface area contributed by atoms with Crippen LogP contribution in [-0.2, 0) is 6.42 Å². The molecule has 1 heterocycles. The van der Waals surface area contributed by atoms with Crippen LogP contribution >= 0.6 is 15.9 Å². The van der Waals surface area contributed by atoms with Crippen LogP contribution in [0, 0.1) is 10.1 Å². The summed E-state index contributed by atoms with van der Waals surface area (Å²) in [6, 6.07) is 6.10. The fourth-order valence-corrected chi connectivity index (χ4v) is 2.15. The molecule has 0 aliphatic rings. The highest BCUT2D eigenvalue weighted by Crippen LogP contribution is 2.26. The van der Waals surface area contributed by atoms with E-state index in [1.165, 1.54) is 12.1 Å². The van der Waals surface area contributed by atoms with Crippen molar-refractivity contribution in [1.29, 1.82) is 0 Å². The first-order valence-corrected chi connectivity index (χ1v) is 6.89. The molecule has 0 spiro atoms. The lowest BCUT2D eigenvalue weighted by Crippen LogP contribution is -2.03. The number of benzene rings is 1. The molecule has 104 valence electrons. The van der Waals surface area contributed by atoms with Crippen molar-refractivity contribution in [3.05, 3.63) is 44.5 Å². The summed E-state index contributed by atoms with van der Waals surface area (Å²) in [6.45, 7) is 2.05. The molecule has 0 aliphatic heterocycles. The van der Waals surface area contributed by atoms with Gasteiger partial charge in [-0.25, -0.2) is 9.97 Å². The molecule has 1 aromatic carbocycles. The van der Waals surface area contributed by atoms with Gasteiger partial charge in [-0.05, 0) is 34.5 Å². The highest BCUT2D eigenvalue weighted by Gasteiger charge is 2.12. The Morgan fingerprint density at radius 3 is 2.50 bits per heavy atom. The molecule has 2 rings (SSSR count). The minimum atomic E-state index is -0.441. The first-order chi connectivity index (χ1) is 9.52. The van der Waals surface area contributed by atoms with Crippen molar-refractivity contribution in [2.75, 3.05) is 5.73 Å². The fourth-order valence-electron chi connectivity index (χ4n) is 1.78. The number of aromatic nitrogens is 2. The fraction of sp³-hybridized carbons (Fsp3) is 0.231. The molecule has 0 aliphatic carbocycles. The summed E-state index contributed by atoms with van der Waals surface area (Å²) in [4.78, 5) is 18.9. The SMILES string of the molecule is CCCc1nc(-c2ccc([N+](=O)[O-])cc2)nc(N)c1Br. The topological polar surface area (TPSA) is 94.9 Å². The Morgan fingerprint density at radius 2 is 1.95 bits per heavy atom. The van der Waals surface area contributed by atoms with Gasteiger partial charge in [0.2, 0.25) is 0 Å². The van der Waals surface area contributed by atoms with Crippen molar-refractivity contribution < 1.29 is 4.92 Å². The second-order valence-electron chi connectivity index (χ2n) is 4.25. The first kappa shape index (κ1) is 14.4. The van der Waals surface area contributed by atoms with Gasteiger partial charge in [0, 0.05) is 17.7 Å². The highest BCUT2D eigenvalue weighted by atomic mass is 79.9.